The minimum atomic E-state index is -0.799. The van der Waals surface area contributed by atoms with Crippen LogP contribution in [0.5, 0.6) is 0 Å². The van der Waals surface area contributed by atoms with Gasteiger partial charge in [-0.1, -0.05) is 19.1 Å². The van der Waals surface area contributed by atoms with E-state index < -0.39 is 12.1 Å². The van der Waals surface area contributed by atoms with Gasteiger partial charge in [0.25, 0.3) is 5.91 Å². The molecule has 0 saturated carbocycles. The number of rotatable bonds is 7. The Morgan fingerprint density at radius 2 is 1.96 bits per heavy atom. The van der Waals surface area contributed by atoms with Gasteiger partial charge in [-0.2, -0.15) is 0 Å². The van der Waals surface area contributed by atoms with Crippen molar-refractivity contribution in [3.8, 4) is 0 Å². The molecule has 2 aliphatic rings. The lowest BCUT2D eigenvalue weighted by Gasteiger charge is -2.16. The molecule has 3 rings (SSSR count). The number of anilines is 1. The summed E-state index contributed by atoms with van der Waals surface area (Å²) >= 11 is 0. The van der Waals surface area contributed by atoms with Crippen LogP contribution in [0, 0.1) is 0 Å². The van der Waals surface area contributed by atoms with E-state index in [-0.39, 0.29) is 24.1 Å². The third kappa shape index (κ3) is 4.27. The highest BCUT2D eigenvalue weighted by molar-refractivity contribution is 6.05. The zero-order valence-electron chi connectivity index (χ0n) is 15.4. The summed E-state index contributed by atoms with van der Waals surface area (Å²) in [6, 6.07) is 6.24. The highest BCUT2D eigenvalue weighted by Crippen LogP contribution is 2.21. The van der Waals surface area contributed by atoms with Crippen molar-refractivity contribution in [3.05, 3.63) is 29.8 Å². The van der Waals surface area contributed by atoms with Gasteiger partial charge in [-0.05, 0) is 30.5 Å². The lowest BCUT2D eigenvalue weighted by atomic mass is 10.1. The topological polar surface area (TPSA) is 98.8 Å². The standard InChI is InChI=1S/C19H24N4O4/c1-2-9-23-18(26)15(21-19(23)27)11-16(24)20-12-13-5-7-14(8-6-13)22-10-3-4-17(22)25/h5-8,15H,2-4,9-12H2,1H3,(H,20,24)(H,21,27)/t15-/m1/s1. The fourth-order valence-corrected chi connectivity index (χ4v) is 3.32. The van der Waals surface area contributed by atoms with Gasteiger partial charge in [0.2, 0.25) is 11.8 Å². The lowest BCUT2D eigenvalue weighted by Crippen LogP contribution is -2.36. The first-order chi connectivity index (χ1) is 13.0. The van der Waals surface area contributed by atoms with Crippen LogP contribution in [0.2, 0.25) is 0 Å². The average Bonchev–Trinajstić information content (AvgIpc) is 3.19. The van der Waals surface area contributed by atoms with E-state index in [2.05, 4.69) is 10.6 Å². The molecule has 144 valence electrons. The number of hydrogen-bond acceptors (Lipinski definition) is 4. The number of benzene rings is 1. The summed E-state index contributed by atoms with van der Waals surface area (Å²) in [6.07, 6.45) is 2.06. The molecule has 27 heavy (non-hydrogen) atoms. The minimum absolute atomic E-state index is 0.0782. The molecule has 0 bridgehead atoms. The molecule has 1 atom stereocenters. The van der Waals surface area contributed by atoms with Crippen molar-refractivity contribution >= 4 is 29.4 Å². The summed E-state index contributed by atoms with van der Waals surface area (Å²) in [4.78, 5) is 50.7. The molecule has 0 spiro atoms. The predicted octanol–water partition coefficient (Wildman–Crippen LogP) is 1.15. The van der Waals surface area contributed by atoms with Crippen molar-refractivity contribution in [1.29, 1.82) is 0 Å². The average molecular weight is 372 g/mol. The Kier molecular flexibility index (Phi) is 5.73. The first-order valence-corrected chi connectivity index (χ1v) is 9.27. The molecular formula is C19H24N4O4. The molecular weight excluding hydrogens is 348 g/mol. The van der Waals surface area contributed by atoms with Gasteiger partial charge in [-0.15, -0.1) is 0 Å². The molecule has 0 unspecified atom stereocenters. The molecule has 5 amide bonds. The largest absolute Gasteiger partial charge is 0.352 e. The van der Waals surface area contributed by atoms with E-state index in [1.54, 1.807) is 4.90 Å². The van der Waals surface area contributed by atoms with Crippen molar-refractivity contribution in [2.45, 2.75) is 45.2 Å². The molecule has 0 aliphatic carbocycles. The van der Waals surface area contributed by atoms with Crippen LogP contribution in [0.4, 0.5) is 10.5 Å². The quantitative estimate of drug-likeness (QED) is 0.702. The predicted molar refractivity (Wildman–Crippen MR) is 98.8 cm³/mol. The summed E-state index contributed by atoms with van der Waals surface area (Å²) in [5.74, 6) is -0.515. The second-order valence-electron chi connectivity index (χ2n) is 6.79. The third-order valence-corrected chi connectivity index (χ3v) is 4.75. The maximum atomic E-state index is 12.1. The van der Waals surface area contributed by atoms with Gasteiger partial charge < -0.3 is 15.5 Å². The van der Waals surface area contributed by atoms with E-state index in [0.717, 1.165) is 29.1 Å². The van der Waals surface area contributed by atoms with Crippen LogP contribution in [0.1, 0.15) is 38.2 Å². The van der Waals surface area contributed by atoms with E-state index in [9.17, 15) is 19.2 Å². The van der Waals surface area contributed by atoms with Gasteiger partial charge in [0.1, 0.15) is 6.04 Å². The fraction of sp³-hybridized carbons (Fsp3) is 0.474. The maximum Gasteiger partial charge on any atom is 0.324 e. The van der Waals surface area contributed by atoms with E-state index >= 15 is 0 Å². The highest BCUT2D eigenvalue weighted by atomic mass is 16.2. The molecule has 2 fully saturated rings. The molecule has 2 N–H and O–H groups in total. The summed E-state index contributed by atoms with van der Waals surface area (Å²) in [7, 11) is 0. The number of carbonyl (C=O) groups is 4. The van der Waals surface area contributed by atoms with Gasteiger partial charge in [0.15, 0.2) is 0 Å². The van der Waals surface area contributed by atoms with Crippen LogP contribution < -0.4 is 15.5 Å². The summed E-state index contributed by atoms with van der Waals surface area (Å²) in [6.45, 7) is 3.30. The number of nitrogens with one attached hydrogen (secondary N) is 2. The van der Waals surface area contributed by atoms with Gasteiger partial charge in [0, 0.05) is 31.7 Å². The zero-order valence-corrected chi connectivity index (χ0v) is 15.4. The Labute approximate surface area is 157 Å². The molecule has 8 nitrogen and oxygen atoms in total. The van der Waals surface area contributed by atoms with Gasteiger partial charge in [0.05, 0.1) is 6.42 Å². The lowest BCUT2D eigenvalue weighted by molar-refractivity contribution is -0.130. The van der Waals surface area contributed by atoms with Crippen LogP contribution in [-0.2, 0) is 20.9 Å². The Bertz CT molecular complexity index is 747. The molecule has 1 aromatic rings. The van der Waals surface area contributed by atoms with Gasteiger partial charge >= 0.3 is 6.03 Å². The number of amides is 5. The van der Waals surface area contributed by atoms with Crippen LogP contribution >= 0.6 is 0 Å². The number of nitrogens with zero attached hydrogens (tertiary/aromatic N) is 2. The number of imide groups is 1. The van der Waals surface area contributed by atoms with Crippen LogP contribution in [0.3, 0.4) is 0 Å². The fourth-order valence-electron chi connectivity index (χ4n) is 3.32. The van der Waals surface area contributed by atoms with Crippen molar-refractivity contribution < 1.29 is 19.2 Å². The first kappa shape index (κ1) is 18.9. The zero-order chi connectivity index (χ0) is 19.4. The van der Waals surface area contributed by atoms with Gasteiger partial charge in [-0.3, -0.25) is 19.3 Å². The normalized spacial score (nSPS) is 19.6. The Balaban J connectivity index is 1.49. The molecule has 0 radical (unpaired) electrons. The summed E-state index contributed by atoms with van der Waals surface area (Å²) < 4.78 is 0. The van der Waals surface area contributed by atoms with Crippen molar-refractivity contribution in [1.82, 2.24) is 15.5 Å². The van der Waals surface area contributed by atoms with E-state index in [1.165, 1.54) is 0 Å². The van der Waals surface area contributed by atoms with Crippen LogP contribution in [0.25, 0.3) is 0 Å². The third-order valence-electron chi connectivity index (χ3n) is 4.75. The number of hydrogen-bond donors (Lipinski definition) is 2. The number of urea groups is 1. The highest BCUT2D eigenvalue weighted by Gasteiger charge is 2.38. The Morgan fingerprint density at radius 3 is 2.59 bits per heavy atom. The first-order valence-electron chi connectivity index (χ1n) is 9.27. The van der Waals surface area contributed by atoms with E-state index in [0.29, 0.717) is 25.9 Å². The van der Waals surface area contributed by atoms with Gasteiger partial charge in [-0.25, -0.2) is 4.79 Å². The van der Waals surface area contributed by atoms with E-state index in [4.69, 9.17) is 0 Å². The molecule has 1 aromatic carbocycles. The monoisotopic (exact) mass is 372 g/mol. The number of carbonyl (C=O) groups excluding carboxylic acids is 4. The molecule has 2 saturated heterocycles. The second kappa shape index (κ2) is 8.20. The Hall–Kier alpha value is -2.90. The Morgan fingerprint density at radius 1 is 1.22 bits per heavy atom. The van der Waals surface area contributed by atoms with Crippen LogP contribution in [-0.4, -0.2) is 47.8 Å². The smallest absolute Gasteiger partial charge is 0.324 e. The molecule has 0 aromatic heterocycles. The van der Waals surface area contributed by atoms with Crippen molar-refractivity contribution in [3.63, 3.8) is 0 Å². The van der Waals surface area contributed by atoms with Crippen LogP contribution in [0.15, 0.2) is 24.3 Å². The molecule has 8 heteroatoms. The summed E-state index contributed by atoms with van der Waals surface area (Å²) in [5, 5.41) is 5.31. The summed E-state index contributed by atoms with van der Waals surface area (Å²) in [5.41, 5.74) is 1.76. The van der Waals surface area contributed by atoms with Crippen molar-refractivity contribution in [2.24, 2.45) is 0 Å². The second-order valence-corrected chi connectivity index (χ2v) is 6.79. The van der Waals surface area contributed by atoms with E-state index in [1.807, 2.05) is 31.2 Å². The SMILES string of the molecule is CCCN1C(=O)N[C@H](CC(=O)NCc2ccc(N3CCCC3=O)cc2)C1=O. The maximum absolute atomic E-state index is 12.1. The molecule has 2 heterocycles. The molecule has 2 aliphatic heterocycles. The minimum Gasteiger partial charge on any atom is -0.352 e. The van der Waals surface area contributed by atoms with Crippen molar-refractivity contribution in [2.75, 3.05) is 18.0 Å².